The minimum absolute atomic E-state index is 0.749. The molecule has 1 aliphatic rings. The maximum absolute atomic E-state index is 5.37. The van der Waals surface area contributed by atoms with Crippen molar-refractivity contribution >= 4 is 11.3 Å². The van der Waals surface area contributed by atoms with E-state index in [9.17, 15) is 0 Å². The lowest BCUT2D eigenvalue weighted by molar-refractivity contribution is 0.0860. The standard InChI is InChI=1S/C11H17NOS/c1-12-7-9-6-11(14-8-9)10-2-4-13-5-3-10/h6,8,10,12H,2-5,7H2,1H3. The van der Waals surface area contributed by atoms with Gasteiger partial charge >= 0.3 is 0 Å². The first-order chi connectivity index (χ1) is 6.90. The second-order valence-corrected chi connectivity index (χ2v) is 4.72. The molecule has 2 nitrogen and oxygen atoms in total. The van der Waals surface area contributed by atoms with Crippen LogP contribution in [0.15, 0.2) is 11.4 Å². The number of nitrogens with one attached hydrogen (secondary N) is 1. The quantitative estimate of drug-likeness (QED) is 0.828. The predicted molar refractivity (Wildman–Crippen MR) is 59.9 cm³/mol. The normalized spacial score (nSPS) is 18.6. The first-order valence-electron chi connectivity index (χ1n) is 5.20. The van der Waals surface area contributed by atoms with Crippen molar-refractivity contribution in [2.24, 2.45) is 0 Å². The van der Waals surface area contributed by atoms with Gasteiger partial charge in [-0.05, 0) is 42.8 Å². The summed E-state index contributed by atoms with van der Waals surface area (Å²) in [6.45, 7) is 2.85. The minimum atomic E-state index is 0.749. The zero-order valence-electron chi connectivity index (χ0n) is 8.58. The molecule has 78 valence electrons. The molecule has 0 bridgehead atoms. The largest absolute Gasteiger partial charge is 0.381 e. The van der Waals surface area contributed by atoms with Crippen molar-refractivity contribution in [1.82, 2.24) is 5.32 Å². The van der Waals surface area contributed by atoms with Gasteiger partial charge in [-0.3, -0.25) is 0 Å². The molecule has 1 aromatic heterocycles. The van der Waals surface area contributed by atoms with E-state index in [1.54, 1.807) is 4.88 Å². The maximum atomic E-state index is 5.37. The highest BCUT2D eigenvalue weighted by atomic mass is 32.1. The van der Waals surface area contributed by atoms with E-state index < -0.39 is 0 Å². The van der Waals surface area contributed by atoms with Gasteiger partial charge in [-0.25, -0.2) is 0 Å². The van der Waals surface area contributed by atoms with Crippen LogP contribution in [-0.2, 0) is 11.3 Å². The Morgan fingerprint density at radius 3 is 3.00 bits per heavy atom. The average Bonchev–Trinajstić information content (AvgIpc) is 2.68. The van der Waals surface area contributed by atoms with Crippen LogP contribution in [0.3, 0.4) is 0 Å². The molecule has 0 atom stereocenters. The second kappa shape index (κ2) is 4.91. The van der Waals surface area contributed by atoms with Crippen LogP contribution < -0.4 is 5.32 Å². The van der Waals surface area contributed by atoms with Crippen molar-refractivity contribution in [2.75, 3.05) is 20.3 Å². The van der Waals surface area contributed by atoms with Gasteiger partial charge < -0.3 is 10.1 Å². The van der Waals surface area contributed by atoms with E-state index in [1.165, 1.54) is 18.4 Å². The summed E-state index contributed by atoms with van der Waals surface area (Å²) >= 11 is 1.90. The van der Waals surface area contributed by atoms with Gasteiger partial charge in [0.25, 0.3) is 0 Å². The van der Waals surface area contributed by atoms with Crippen LogP contribution in [0.5, 0.6) is 0 Å². The van der Waals surface area contributed by atoms with Crippen LogP contribution in [0.4, 0.5) is 0 Å². The average molecular weight is 211 g/mol. The molecule has 0 aliphatic carbocycles. The third-order valence-corrected chi connectivity index (χ3v) is 3.82. The molecule has 1 saturated heterocycles. The van der Waals surface area contributed by atoms with Gasteiger partial charge in [0.2, 0.25) is 0 Å². The number of hydrogen-bond donors (Lipinski definition) is 1. The van der Waals surface area contributed by atoms with Gasteiger partial charge in [0.1, 0.15) is 0 Å². The number of rotatable bonds is 3. The lowest BCUT2D eigenvalue weighted by Crippen LogP contribution is -2.13. The van der Waals surface area contributed by atoms with Crippen molar-refractivity contribution in [2.45, 2.75) is 25.3 Å². The van der Waals surface area contributed by atoms with Gasteiger partial charge in [0, 0.05) is 24.6 Å². The molecule has 0 radical (unpaired) electrons. The molecule has 2 heterocycles. The van der Waals surface area contributed by atoms with E-state index in [1.807, 2.05) is 18.4 Å². The Kier molecular flexibility index (Phi) is 3.56. The van der Waals surface area contributed by atoms with Crippen molar-refractivity contribution in [3.05, 3.63) is 21.9 Å². The van der Waals surface area contributed by atoms with Crippen LogP contribution in [0, 0.1) is 0 Å². The fourth-order valence-corrected chi connectivity index (χ4v) is 2.97. The second-order valence-electron chi connectivity index (χ2n) is 3.77. The van der Waals surface area contributed by atoms with E-state index in [2.05, 4.69) is 16.8 Å². The topological polar surface area (TPSA) is 21.3 Å². The monoisotopic (exact) mass is 211 g/mol. The first-order valence-corrected chi connectivity index (χ1v) is 6.08. The Morgan fingerprint density at radius 2 is 2.29 bits per heavy atom. The van der Waals surface area contributed by atoms with Crippen LogP contribution in [0.25, 0.3) is 0 Å². The highest BCUT2D eigenvalue weighted by molar-refractivity contribution is 7.10. The van der Waals surface area contributed by atoms with Crippen LogP contribution in [0.1, 0.15) is 29.2 Å². The first kappa shape index (κ1) is 10.1. The van der Waals surface area contributed by atoms with Crippen molar-refractivity contribution in [3.8, 4) is 0 Å². The van der Waals surface area contributed by atoms with Crippen molar-refractivity contribution in [1.29, 1.82) is 0 Å². The maximum Gasteiger partial charge on any atom is 0.0472 e. The molecular weight excluding hydrogens is 194 g/mol. The fourth-order valence-electron chi connectivity index (χ4n) is 1.89. The van der Waals surface area contributed by atoms with E-state index >= 15 is 0 Å². The summed E-state index contributed by atoms with van der Waals surface area (Å²) in [7, 11) is 1.99. The molecule has 1 aromatic rings. The van der Waals surface area contributed by atoms with Gasteiger partial charge in [0.15, 0.2) is 0 Å². The number of thiophene rings is 1. The number of ether oxygens (including phenoxy) is 1. The van der Waals surface area contributed by atoms with E-state index in [0.29, 0.717) is 0 Å². The molecule has 0 spiro atoms. The van der Waals surface area contributed by atoms with Gasteiger partial charge in [-0.2, -0.15) is 0 Å². The SMILES string of the molecule is CNCc1csc(C2CCOCC2)c1. The van der Waals surface area contributed by atoms with Crippen LogP contribution in [0.2, 0.25) is 0 Å². The van der Waals surface area contributed by atoms with Gasteiger partial charge in [-0.1, -0.05) is 0 Å². The number of hydrogen-bond acceptors (Lipinski definition) is 3. The highest BCUT2D eigenvalue weighted by Gasteiger charge is 2.17. The summed E-state index contributed by atoms with van der Waals surface area (Å²) in [6, 6.07) is 2.34. The van der Waals surface area contributed by atoms with Crippen LogP contribution >= 0.6 is 11.3 Å². The molecule has 0 saturated carbocycles. The molecule has 1 fully saturated rings. The lowest BCUT2D eigenvalue weighted by atomic mass is 9.98. The molecule has 0 aromatic carbocycles. The van der Waals surface area contributed by atoms with Gasteiger partial charge in [0.05, 0.1) is 0 Å². The Hall–Kier alpha value is -0.380. The Labute approximate surface area is 89.3 Å². The lowest BCUT2D eigenvalue weighted by Gasteiger charge is -2.20. The molecule has 2 rings (SSSR count). The summed E-state index contributed by atoms with van der Waals surface area (Å²) in [4.78, 5) is 1.54. The van der Waals surface area contributed by atoms with E-state index in [0.717, 1.165) is 25.7 Å². The summed E-state index contributed by atoms with van der Waals surface area (Å²) in [5, 5.41) is 5.45. The Balaban J connectivity index is 2.00. The Bertz CT molecular complexity index is 279. The zero-order chi connectivity index (χ0) is 9.80. The molecule has 1 aliphatic heterocycles. The predicted octanol–water partition coefficient (Wildman–Crippen LogP) is 2.36. The fraction of sp³-hybridized carbons (Fsp3) is 0.636. The summed E-state index contributed by atoms with van der Waals surface area (Å²) in [5.74, 6) is 0.749. The third-order valence-electron chi connectivity index (χ3n) is 2.68. The van der Waals surface area contributed by atoms with E-state index in [-0.39, 0.29) is 0 Å². The van der Waals surface area contributed by atoms with Crippen molar-refractivity contribution < 1.29 is 4.74 Å². The molecule has 14 heavy (non-hydrogen) atoms. The smallest absolute Gasteiger partial charge is 0.0472 e. The highest BCUT2D eigenvalue weighted by Crippen LogP contribution is 2.31. The third kappa shape index (κ3) is 2.35. The summed E-state index contributed by atoms with van der Waals surface area (Å²) in [5.41, 5.74) is 1.42. The Morgan fingerprint density at radius 1 is 1.50 bits per heavy atom. The molecule has 0 unspecified atom stereocenters. The van der Waals surface area contributed by atoms with E-state index in [4.69, 9.17) is 4.74 Å². The van der Waals surface area contributed by atoms with Crippen LogP contribution in [-0.4, -0.2) is 20.3 Å². The summed E-state index contributed by atoms with van der Waals surface area (Å²) in [6.07, 6.45) is 2.39. The molecule has 3 heteroatoms. The molecular formula is C11H17NOS. The molecule has 0 amide bonds. The van der Waals surface area contributed by atoms with Gasteiger partial charge in [-0.15, -0.1) is 11.3 Å². The summed E-state index contributed by atoms with van der Waals surface area (Å²) < 4.78 is 5.37. The molecule has 1 N–H and O–H groups in total. The minimum Gasteiger partial charge on any atom is -0.381 e. The zero-order valence-corrected chi connectivity index (χ0v) is 9.40. The van der Waals surface area contributed by atoms with Crippen molar-refractivity contribution in [3.63, 3.8) is 0 Å².